The van der Waals surface area contributed by atoms with Crippen LogP contribution in [-0.2, 0) is 0 Å². The molecule has 0 saturated heterocycles. The van der Waals surface area contributed by atoms with E-state index in [0.29, 0.717) is 12.0 Å². The first kappa shape index (κ1) is 14.8. The van der Waals surface area contributed by atoms with Crippen LogP contribution in [0, 0.1) is 5.92 Å². The molecule has 0 bridgehead atoms. The van der Waals surface area contributed by atoms with Crippen LogP contribution in [0.3, 0.4) is 0 Å². The molecule has 3 aromatic rings. The van der Waals surface area contributed by atoms with Gasteiger partial charge in [-0.2, -0.15) is 0 Å². The Hall–Kier alpha value is -2.09. The van der Waals surface area contributed by atoms with Gasteiger partial charge in [0.05, 0.1) is 11.0 Å². The highest BCUT2D eigenvalue weighted by atomic mass is 15.1. The van der Waals surface area contributed by atoms with Gasteiger partial charge in [0.25, 0.3) is 0 Å². The van der Waals surface area contributed by atoms with Crippen molar-refractivity contribution in [3.8, 4) is 0 Å². The molecule has 2 aromatic carbocycles. The van der Waals surface area contributed by atoms with Crippen LogP contribution < -0.4 is 0 Å². The summed E-state index contributed by atoms with van der Waals surface area (Å²) < 4.78 is 2.35. The summed E-state index contributed by atoms with van der Waals surface area (Å²) in [4.78, 5) is 4.94. The summed E-state index contributed by atoms with van der Waals surface area (Å²) >= 11 is 0. The standard InChI is InChI=1S/C20H24N2/c1-14(2)13-20(21-15(3)4)22-18-11-7-5-9-16(18)17-10-6-8-12-19(17)22/h5-12,14-15H,13H2,1-4H3. The SMILES string of the molecule is CC(C)CC(=NC(C)C)n1c2ccccc2c2ccccc21. The second-order valence-electron chi connectivity index (χ2n) is 6.61. The molecular weight excluding hydrogens is 268 g/mol. The van der Waals surface area contributed by atoms with Crippen molar-refractivity contribution < 1.29 is 0 Å². The Morgan fingerprint density at radius 1 is 0.864 bits per heavy atom. The van der Waals surface area contributed by atoms with Gasteiger partial charge in [0, 0.05) is 23.2 Å². The van der Waals surface area contributed by atoms with Gasteiger partial charge in [0.2, 0.25) is 0 Å². The zero-order valence-corrected chi connectivity index (χ0v) is 13.9. The van der Waals surface area contributed by atoms with E-state index < -0.39 is 0 Å². The van der Waals surface area contributed by atoms with E-state index >= 15 is 0 Å². The van der Waals surface area contributed by atoms with E-state index in [2.05, 4.69) is 80.8 Å². The molecule has 0 N–H and O–H groups in total. The highest BCUT2D eigenvalue weighted by Gasteiger charge is 2.15. The van der Waals surface area contributed by atoms with Gasteiger partial charge in [-0.15, -0.1) is 0 Å². The first-order valence-corrected chi connectivity index (χ1v) is 8.13. The van der Waals surface area contributed by atoms with Gasteiger partial charge in [0.1, 0.15) is 5.84 Å². The third-order valence-corrected chi connectivity index (χ3v) is 3.84. The van der Waals surface area contributed by atoms with Crippen LogP contribution in [0.4, 0.5) is 0 Å². The smallest absolute Gasteiger partial charge is 0.108 e. The number of hydrogen-bond donors (Lipinski definition) is 0. The summed E-state index contributed by atoms with van der Waals surface area (Å²) in [5, 5.41) is 2.61. The highest BCUT2D eigenvalue weighted by Crippen LogP contribution is 2.29. The Labute approximate surface area is 132 Å². The Morgan fingerprint density at radius 2 is 1.36 bits per heavy atom. The van der Waals surface area contributed by atoms with Gasteiger partial charge in [-0.25, -0.2) is 0 Å². The molecule has 0 aliphatic carbocycles. The van der Waals surface area contributed by atoms with Crippen molar-refractivity contribution in [1.29, 1.82) is 0 Å². The van der Waals surface area contributed by atoms with Crippen LogP contribution in [0.1, 0.15) is 34.1 Å². The molecule has 2 nitrogen and oxygen atoms in total. The van der Waals surface area contributed by atoms with Crippen LogP contribution in [-0.4, -0.2) is 16.4 Å². The average Bonchev–Trinajstić information content (AvgIpc) is 2.80. The maximum absolute atomic E-state index is 4.94. The van der Waals surface area contributed by atoms with Crippen molar-refractivity contribution in [3.05, 3.63) is 48.5 Å². The number of para-hydroxylation sites is 2. The van der Waals surface area contributed by atoms with Crippen molar-refractivity contribution in [2.75, 3.05) is 0 Å². The minimum Gasteiger partial charge on any atom is -0.298 e. The van der Waals surface area contributed by atoms with E-state index in [-0.39, 0.29) is 0 Å². The van der Waals surface area contributed by atoms with Gasteiger partial charge < -0.3 is 0 Å². The third kappa shape index (κ3) is 2.66. The molecule has 0 atom stereocenters. The molecule has 22 heavy (non-hydrogen) atoms. The summed E-state index contributed by atoms with van der Waals surface area (Å²) in [6.45, 7) is 8.80. The summed E-state index contributed by atoms with van der Waals surface area (Å²) in [6, 6.07) is 17.6. The molecule has 0 spiro atoms. The predicted molar refractivity (Wildman–Crippen MR) is 96.9 cm³/mol. The van der Waals surface area contributed by atoms with Crippen molar-refractivity contribution in [2.24, 2.45) is 10.9 Å². The lowest BCUT2D eigenvalue weighted by Gasteiger charge is -2.15. The van der Waals surface area contributed by atoms with E-state index in [1.165, 1.54) is 27.6 Å². The maximum atomic E-state index is 4.94. The minimum absolute atomic E-state index is 0.300. The summed E-state index contributed by atoms with van der Waals surface area (Å²) in [7, 11) is 0. The zero-order chi connectivity index (χ0) is 15.7. The fourth-order valence-electron chi connectivity index (χ4n) is 3.07. The van der Waals surface area contributed by atoms with E-state index in [1.54, 1.807) is 0 Å². The summed E-state index contributed by atoms with van der Waals surface area (Å²) in [5.41, 5.74) is 2.51. The molecule has 2 heteroatoms. The zero-order valence-electron chi connectivity index (χ0n) is 13.9. The van der Waals surface area contributed by atoms with Gasteiger partial charge in [-0.3, -0.25) is 9.56 Å². The van der Waals surface area contributed by atoms with Crippen molar-refractivity contribution in [2.45, 2.75) is 40.2 Å². The Balaban J connectivity index is 2.35. The lowest BCUT2D eigenvalue weighted by atomic mass is 10.1. The van der Waals surface area contributed by atoms with Crippen LogP contribution in [0.2, 0.25) is 0 Å². The molecule has 0 amide bonds. The number of hydrogen-bond acceptors (Lipinski definition) is 1. The quantitative estimate of drug-likeness (QED) is 0.448. The molecular formula is C20H24N2. The van der Waals surface area contributed by atoms with Gasteiger partial charge in [0.15, 0.2) is 0 Å². The Morgan fingerprint density at radius 3 is 1.82 bits per heavy atom. The van der Waals surface area contributed by atoms with Crippen molar-refractivity contribution in [3.63, 3.8) is 0 Å². The third-order valence-electron chi connectivity index (χ3n) is 3.84. The normalized spacial score (nSPS) is 12.9. The first-order valence-electron chi connectivity index (χ1n) is 8.13. The van der Waals surface area contributed by atoms with E-state index in [1.807, 2.05) is 0 Å². The van der Waals surface area contributed by atoms with E-state index in [4.69, 9.17) is 4.99 Å². The number of aromatic nitrogens is 1. The molecule has 0 aliphatic heterocycles. The summed E-state index contributed by atoms with van der Waals surface area (Å²) in [5.74, 6) is 1.75. The van der Waals surface area contributed by atoms with Crippen molar-refractivity contribution in [1.82, 2.24) is 4.57 Å². The number of nitrogens with zero attached hydrogens (tertiary/aromatic N) is 2. The van der Waals surface area contributed by atoms with Crippen molar-refractivity contribution >= 4 is 27.6 Å². The van der Waals surface area contributed by atoms with Gasteiger partial charge in [-0.05, 0) is 31.9 Å². The van der Waals surface area contributed by atoms with E-state index in [9.17, 15) is 0 Å². The van der Waals surface area contributed by atoms with Gasteiger partial charge in [-0.1, -0.05) is 50.2 Å². The largest absolute Gasteiger partial charge is 0.298 e. The molecule has 0 unspecified atom stereocenters. The molecule has 1 aromatic heterocycles. The highest BCUT2D eigenvalue weighted by molar-refractivity contribution is 6.14. The predicted octanol–water partition coefficient (Wildman–Crippen LogP) is 5.50. The first-order chi connectivity index (χ1) is 10.6. The number of rotatable bonds is 3. The fraction of sp³-hybridized carbons (Fsp3) is 0.350. The van der Waals surface area contributed by atoms with Crippen LogP contribution in [0.25, 0.3) is 21.8 Å². The monoisotopic (exact) mass is 292 g/mol. The van der Waals surface area contributed by atoms with Crippen LogP contribution in [0.5, 0.6) is 0 Å². The number of fused-ring (bicyclic) bond motifs is 3. The van der Waals surface area contributed by atoms with E-state index in [0.717, 1.165) is 6.42 Å². The lowest BCUT2D eigenvalue weighted by Crippen LogP contribution is -2.16. The van der Waals surface area contributed by atoms with Gasteiger partial charge >= 0.3 is 0 Å². The number of benzene rings is 2. The molecule has 1 heterocycles. The van der Waals surface area contributed by atoms with Crippen LogP contribution >= 0.6 is 0 Å². The Kier molecular flexibility index (Phi) is 4.02. The molecule has 114 valence electrons. The summed E-state index contributed by atoms with van der Waals surface area (Å²) in [6.07, 6.45) is 0.987. The topological polar surface area (TPSA) is 17.3 Å². The minimum atomic E-state index is 0.300. The fourth-order valence-corrected chi connectivity index (χ4v) is 3.07. The molecule has 0 fully saturated rings. The van der Waals surface area contributed by atoms with Crippen LogP contribution in [0.15, 0.2) is 53.5 Å². The molecule has 0 radical (unpaired) electrons. The Bertz CT molecular complexity index is 769. The maximum Gasteiger partial charge on any atom is 0.108 e. The average molecular weight is 292 g/mol. The lowest BCUT2D eigenvalue weighted by molar-refractivity contribution is 0.668. The second kappa shape index (κ2) is 5.96. The molecule has 3 rings (SSSR count). The molecule has 0 saturated carbocycles. The number of aliphatic imine (C=N–C) groups is 1. The second-order valence-corrected chi connectivity index (χ2v) is 6.61. The molecule has 0 aliphatic rings.